The van der Waals surface area contributed by atoms with Crippen molar-refractivity contribution in [3.63, 3.8) is 0 Å². The molecule has 0 unspecified atom stereocenters. The number of ether oxygens (including phenoxy) is 1. The molecule has 25 heavy (non-hydrogen) atoms. The van der Waals surface area contributed by atoms with E-state index in [0.29, 0.717) is 37.3 Å². The summed E-state index contributed by atoms with van der Waals surface area (Å²) in [5, 5.41) is 13.2. The molecule has 10 heteroatoms. The second-order valence-corrected chi connectivity index (χ2v) is 13.8. The highest BCUT2D eigenvalue weighted by Crippen LogP contribution is 2.19. The summed E-state index contributed by atoms with van der Waals surface area (Å²) in [6.45, 7) is 8.58. The third kappa shape index (κ3) is 5.89. The maximum absolute atomic E-state index is 12.5. The molecule has 1 saturated heterocycles. The fraction of sp³-hybridized carbons (Fsp3) is 0.733. The number of carboxylic acid groups (broad SMARTS) is 1. The van der Waals surface area contributed by atoms with Crippen molar-refractivity contribution in [1.29, 1.82) is 0 Å². The third-order valence-electron chi connectivity index (χ3n) is 4.16. The Hall–Kier alpha value is -1.26. The molecule has 0 saturated carbocycles. The highest BCUT2D eigenvalue weighted by Gasteiger charge is 2.29. The molecule has 0 aliphatic carbocycles. The largest absolute Gasteiger partial charge is 0.481 e. The summed E-state index contributed by atoms with van der Waals surface area (Å²) in [4.78, 5) is 29.2. The highest BCUT2D eigenvalue weighted by molar-refractivity contribution is 9.10. The van der Waals surface area contributed by atoms with Crippen molar-refractivity contribution in [2.45, 2.75) is 45.3 Å². The summed E-state index contributed by atoms with van der Waals surface area (Å²) >= 11 is 3.30. The number of aliphatic carboxylic acids is 1. The molecule has 1 fully saturated rings. The molecule has 1 amide bonds. The summed E-state index contributed by atoms with van der Waals surface area (Å²) in [6.07, 6.45) is 0.922. The second kappa shape index (κ2) is 8.41. The average Bonchev–Trinajstić information content (AvgIpc) is 2.91. The maximum Gasteiger partial charge on any atom is 0.306 e. The predicted octanol–water partition coefficient (Wildman–Crippen LogP) is 2.29. The summed E-state index contributed by atoms with van der Waals surface area (Å²) in [5.41, 5.74) is 0. The monoisotopic (exact) mass is 432 g/mol. The van der Waals surface area contributed by atoms with Gasteiger partial charge >= 0.3 is 5.97 Å². The first-order valence-corrected chi connectivity index (χ1v) is 12.9. The highest BCUT2D eigenvalue weighted by atomic mass is 79.9. The first kappa shape index (κ1) is 20.1. The van der Waals surface area contributed by atoms with Crippen molar-refractivity contribution in [1.82, 2.24) is 19.7 Å². The van der Waals surface area contributed by atoms with Gasteiger partial charge < -0.3 is 14.7 Å². The van der Waals surface area contributed by atoms with Gasteiger partial charge in [0.15, 0.2) is 4.73 Å². The van der Waals surface area contributed by atoms with E-state index in [2.05, 4.69) is 45.7 Å². The van der Waals surface area contributed by atoms with E-state index in [9.17, 15) is 9.59 Å². The zero-order valence-electron chi connectivity index (χ0n) is 14.9. The van der Waals surface area contributed by atoms with E-state index in [1.807, 2.05) is 0 Å². The average molecular weight is 433 g/mol. The van der Waals surface area contributed by atoms with E-state index >= 15 is 0 Å². The number of likely N-dealkylation sites (tertiary alicyclic amines) is 1. The van der Waals surface area contributed by atoms with Gasteiger partial charge in [-0.25, -0.2) is 4.68 Å². The number of carbonyl (C=O) groups is 2. The molecular weight excluding hydrogens is 408 g/mol. The van der Waals surface area contributed by atoms with Gasteiger partial charge in [0.05, 0.1) is 5.92 Å². The van der Waals surface area contributed by atoms with Crippen molar-refractivity contribution in [3.8, 4) is 0 Å². The molecule has 0 atom stereocenters. The molecule has 0 radical (unpaired) electrons. The summed E-state index contributed by atoms with van der Waals surface area (Å²) in [6, 6.07) is 1.06. The van der Waals surface area contributed by atoms with Crippen LogP contribution in [0, 0.1) is 5.92 Å². The molecular formula is C15H25BrN4O4Si. The van der Waals surface area contributed by atoms with Crippen molar-refractivity contribution in [2.75, 3.05) is 19.7 Å². The Labute approximate surface area is 156 Å². The van der Waals surface area contributed by atoms with Crippen molar-refractivity contribution in [3.05, 3.63) is 10.6 Å². The third-order valence-corrected chi connectivity index (χ3v) is 6.45. The number of nitrogens with zero attached hydrogens (tertiary/aromatic N) is 4. The van der Waals surface area contributed by atoms with Crippen molar-refractivity contribution >= 4 is 35.9 Å². The van der Waals surface area contributed by atoms with E-state index in [1.165, 1.54) is 4.68 Å². The number of hydrogen-bond acceptors (Lipinski definition) is 5. The molecule has 0 bridgehead atoms. The second-order valence-electron chi connectivity index (χ2n) is 7.46. The van der Waals surface area contributed by atoms with Crippen LogP contribution in [0.2, 0.25) is 25.7 Å². The van der Waals surface area contributed by atoms with Crippen LogP contribution >= 0.6 is 15.9 Å². The number of halogens is 1. The van der Waals surface area contributed by atoms with Crippen molar-refractivity contribution < 1.29 is 19.4 Å². The Kier molecular flexibility index (Phi) is 6.75. The number of carboxylic acids is 1. The lowest BCUT2D eigenvalue weighted by Crippen LogP contribution is -2.40. The van der Waals surface area contributed by atoms with Crippen LogP contribution in [0.4, 0.5) is 0 Å². The zero-order valence-corrected chi connectivity index (χ0v) is 17.5. The fourth-order valence-corrected chi connectivity index (χ4v) is 3.60. The molecule has 1 N–H and O–H groups in total. The number of piperidine rings is 1. The summed E-state index contributed by atoms with van der Waals surface area (Å²) < 4.78 is 7.59. The lowest BCUT2D eigenvalue weighted by Gasteiger charge is -2.29. The Balaban J connectivity index is 1.88. The van der Waals surface area contributed by atoms with Gasteiger partial charge in [-0.2, -0.15) is 4.98 Å². The van der Waals surface area contributed by atoms with Crippen LogP contribution in [0.15, 0.2) is 4.73 Å². The quantitative estimate of drug-likeness (QED) is 0.524. The van der Waals surface area contributed by atoms with Crippen LogP contribution in [0.5, 0.6) is 0 Å². The Morgan fingerprint density at radius 3 is 2.52 bits per heavy atom. The van der Waals surface area contributed by atoms with Gasteiger partial charge in [0.2, 0.25) is 5.82 Å². The zero-order chi connectivity index (χ0) is 18.6. The van der Waals surface area contributed by atoms with Crippen molar-refractivity contribution in [2.24, 2.45) is 5.92 Å². The first-order valence-electron chi connectivity index (χ1n) is 8.37. The molecule has 0 aromatic carbocycles. The van der Waals surface area contributed by atoms with Crippen LogP contribution in [-0.2, 0) is 16.3 Å². The smallest absolute Gasteiger partial charge is 0.306 e. The van der Waals surface area contributed by atoms with E-state index in [0.717, 1.165) is 6.04 Å². The number of amides is 1. The van der Waals surface area contributed by atoms with Gasteiger partial charge in [-0.05, 0) is 34.8 Å². The fourth-order valence-electron chi connectivity index (χ4n) is 2.50. The lowest BCUT2D eigenvalue weighted by molar-refractivity contribution is -0.143. The van der Waals surface area contributed by atoms with E-state index in [1.54, 1.807) is 4.90 Å². The predicted molar refractivity (Wildman–Crippen MR) is 98.1 cm³/mol. The van der Waals surface area contributed by atoms with E-state index < -0.39 is 14.0 Å². The van der Waals surface area contributed by atoms with Crippen LogP contribution in [-0.4, -0.2) is 64.4 Å². The molecule has 2 heterocycles. The summed E-state index contributed by atoms with van der Waals surface area (Å²) in [7, 11) is -1.14. The van der Waals surface area contributed by atoms with Crippen LogP contribution in [0.3, 0.4) is 0 Å². The molecule has 1 aromatic rings. The normalized spacial score (nSPS) is 16.2. The van der Waals surface area contributed by atoms with Gasteiger partial charge in [-0.1, -0.05) is 19.6 Å². The molecule has 1 aliphatic heterocycles. The Bertz CT molecular complexity index is 624. The standard InChI is InChI=1S/C15H25BrN4O4Si/c1-25(2,3)9-8-24-10-20-15(16)17-12(18-20)13(21)19-6-4-11(5-7-19)14(22)23/h11H,4-10H2,1-3H3,(H,22,23). The van der Waals surface area contributed by atoms with Crippen LogP contribution in [0.25, 0.3) is 0 Å². The number of aromatic nitrogens is 3. The topological polar surface area (TPSA) is 97.6 Å². The number of hydrogen-bond donors (Lipinski definition) is 1. The Morgan fingerprint density at radius 1 is 1.32 bits per heavy atom. The van der Waals surface area contributed by atoms with E-state index in [-0.39, 0.29) is 24.4 Å². The first-order chi connectivity index (χ1) is 11.7. The summed E-state index contributed by atoms with van der Waals surface area (Å²) in [5.74, 6) is -1.34. The molecule has 8 nitrogen and oxygen atoms in total. The molecule has 2 rings (SSSR count). The van der Waals surface area contributed by atoms with Gasteiger partial charge in [0.1, 0.15) is 6.73 Å². The minimum Gasteiger partial charge on any atom is -0.481 e. The molecule has 1 aliphatic rings. The van der Waals surface area contributed by atoms with Gasteiger partial charge in [0.25, 0.3) is 5.91 Å². The number of carbonyl (C=O) groups excluding carboxylic acids is 1. The Morgan fingerprint density at radius 2 is 1.96 bits per heavy atom. The van der Waals surface area contributed by atoms with Crippen LogP contribution in [0.1, 0.15) is 23.5 Å². The SMILES string of the molecule is C[Si](C)(C)CCOCn1nc(C(=O)N2CCC(C(=O)O)CC2)nc1Br. The number of rotatable bonds is 7. The van der Waals surface area contributed by atoms with Gasteiger partial charge in [-0.3, -0.25) is 9.59 Å². The molecule has 1 aromatic heterocycles. The lowest BCUT2D eigenvalue weighted by atomic mass is 9.97. The van der Waals surface area contributed by atoms with Crippen LogP contribution < -0.4 is 0 Å². The molecule has 140 valence electrons. The minimum absolute atomic E-state index is 0.106. The maximum atomic E-state index is 12.5. The van der Waals surface area contributed by atoms with E-state index in [4.69, 9.17) is 9.84 Å². The minimum atomic E-state index is -1.14. The van der Waals surface area contributed by atoms with Gasteiger partial charge in [-0.15, -0.1) is 5.10 Å². The molecule has 0 spiro atoms. The van der Waals surface area contributed by atoms with Gasteiger partial charge in [0, 0.05) is 27.8 Å².